The summed E-state index contributed by atoms with van der Waals surface area (Å²) in [5, 5.41) is 2.75. The van der Waals surface area contributed by atoms with E-state index < -0.39 is 0 Å². The van der Waals surface area contributed by atoms with E-state index >= 15 is 0 Å². The molecule has 0 radical (unpaired) electrons. The molecular formula is C11H12FN3S. The average molecular weight is 237 g/mol. The molecule has 0 fully saturated rings. The lowest BCUT2D eigenvalue weighted by Crippen LogP contribution is -2.07. The van der Waals surface area contributed by atoms with E-state index in [-0.39, 0.29) is 11.9 Å². The van der Waals surface area contributed by atoms with Gasteiger partial charge in [-0.2, -0.15) is 0 Å². The van der Waals surface area contributed by atoms with Crippen LogP contribution in [-0.2, 0) is 0 Å². The minimum absolute atomic E-state index is 0.0414. The van der Waals surface area contributed by atoms with Gasteiger partial charge in [-0.3, -0.25) is 4.98 Å². The molecule has 0 aliphatic carbocycles. The van der Waals surface area contributed by atoms with Gasteiger partial charge in [-0.25, -0.2) is 9.37 Å². The largest absolute Gasteiger partial charge is 0.322 e. The van der Waals surface area contributed by atoms with Gasteiger partial charge in [0.1, 0.15) is 10.8 Å². The number of hydrogen-bond acceptors (Lipinski definition) is 4. The van der Waals surface area contributed by atoms with E-state index in [0.717, 1.165) is 17.1 Å². The molecule has 0 aromatic carbocycles. The number of nitrogens with zero attached hydrogens (tertiary/aromatic N) is 2. The summed E-state index contributed by atoms with van der Waals surface area (Å²) in [5.41, 5.74) is 7.29. The van der Waals surface area contributed by atoms with Crippen molar-refractivity contribution in [1.29, 1.82) is 0 Å². The molecule has 84 valence electrons. The fourth-order valence-electron chi connectivity index (χ4n) is 1.32. The molecule has 16 heavy (non-hydrogen) atoms. The van der Waals surface area contributed by atoms with Crippen LogP contribution in [0.15, 0.2) is 23.8 Å². The Bertz CT molecular complexity index is 484. The minimum atomic E-state index is -0.355. The third-order valence-electron chi connectivity index (χ3n) is 2.28. The molecule has 0 aliphatic rings. The first kappa shape index (κ1) is 11.2. The van der Waals surface area contributed by atoms with Gasteiger partial charge in [0.25, 0.3) is 0 Å². The number of nitrogens with two attached hydrogens (primary N) is 1. The Balaban J connectivity index is 2.31. The lowest BCUT2D eigenvalue weighted by atomic mass is 10.2. The Kier molecular flexibility index (Phi) is 3.26. The molecular weight excluding hydrogens is 225 g/mol. The zero-order valence-electron chi connectivity index (χ0n) is 8.85. The number of rotatable bonds is 3. The predicted molar refractivity (Wildman–Crippen MR) is 62.5 cm³/mol. The molecule has 5 heteroatoms. The molecule has 0 saturated carbocycles. The van der Waals surface area contributed by atoms with E-state index in [9.17, 15) is 4.39 Å². The van der Waals surface area contributed by atoms with Gasteiger partial charge in [0.05, 0.1) is 17.9 Å². The summed E-state index contributed by atoms with van der Waals surface area (Å²) in [6, 6.07) is 1.38. The average Bonchev–Trinajstić information content (AvgIpc) is 2.77. The van der Waals surface area contributed by atoms with Crippen LogP contribution in [0.1, 0.15) is 24.4 Å². The molecule has 2 heterocycles. The van der Waals surface area contributed by atoms with Gasteiger partial charge in [0, 0.05) is 17.1 Å². The monoisotopic (exact) mass is 237 g/mol. The number of pyridine rings is 1. The highest BCUT2D eigenvalue weighted by atomic mass is 32.1. The Morgan fingerprint density at radius 1 is 1.50 bits per heavy atom. The summed E-state index contributed by atoms with van der Waals surface area (Å²) in [7, 11) is 0. The normalized spacial score (nSPS) is 12.7. The second-order valence-corrected chi connectivity index (χ2v) is 4.37. The van der Waals surface area contributed by atoms with Gasteiger partial charge in [-0.05, 0) is 12.5 Å². The molecule has 1 unspecified atom stereocenters. The first-order chi connectivity index (χ1) is 7.70. The standard InChI is InChI=1S/C11H12FN3S/c1-2-9(13)11-15-10(6-16-11)7-3-8(12)5-14-4-7/h3-6,9H,2,13H2,1H3. The van der Waals surface area contributed by atoms with Crippen LogP contribution in [0.5, 0.6) is 0 Å². The lowest BCUT2D eigenvalue weighted by molar-refractivity contribution is 0.622. The first-order valence-corrected chi connectivity index (χ1v) is 5.90. The van der Waals surface area contributed by atoms with Crippen molar-refractivity contribution in [3.63, 3.8) is 0 Å². The summed E-state index contributed by atoms with van der Waals surface area (Å²) < 4.78 is 13.0. The van der Waals surface area contributed by atoms with Crippen molar-refractivity contribution < 1.29 is 4.39 Å². The Morgan fingerprint density at radius 3 is 3.00 bits per heavy atom. The van der Waals surface area contributed by atoms with Crippen LogP contribution in [0.4, 0.5) is 4.39 Å². The fourth-order valence-corrected chi connectivity index (χ4v) is 2.23. The van der Waals surface area contributed by atoms with Gasteiger partial charge in [0.2, 0.25) is 0 Å². The summed E-state index contributed by atoms with van der Waals surface area (Å²) >= 11 is 1.50. The lowest BCUT2D eigenvalue weighted by Gasteiger charge is -2.02. The van der Waals surface area contributed by atoms with E-state index in [0.29, 0.717) is 5.56 Å². The molecule has 2 N–H and O–H groups in total. The van der Waals surface area contributed by atoms with Crippen molar-refractivity contribution in [2.24, 2.45) is 5.73 Å². The van der Waals surface area contributed by atoms with Crippen molar-refractivity contribution in [3.05, 3.63) is 34.7 Å². The maximum absolute atomic E-state index is 13.0. The molecule has 0 bridgehead atoms. The quantitative estimate of drug-likeness (QED) is 0.893. The van der Waals surface area contributed by atoms with E-state index in [1.54, 1.807) is 6.20 Å². The van der Waals surface area contributed by atoms with Gasteiger partial charge < -0.3 is 5.73 Å². The summed E-state index contributed by atoms with van der Waals surface area (Å²) in [5.74, 6) is -0.355. The van der Waals surface area contributed by atoms with Gasteiger partial charge >= 0.3 is 0 Å². The molecule has 0 aliphatic heterocycles. The predicted octanol–water partition coefficient (Wildman–Crippen LogP) is 2.75. The van der Waals surface area contributed by atoms with Gasteiger partial charge in [-0.15, -0.1) is 11.3 Å². The Labute approximate surface area is 97.2 Å². The number of hydrogen-bond donors (Lipinski definition) is 1. The fraction of sp³-hybridized carbons (Fsp3) is 0.273. The van der Waals surface area contributed by atoms with Gasteiger partial charge in [0.15, 0.2) is 0 Å². The molecule has 2 aromatic heterocycles. The topological polar surface area (TPSA) is 51.8 Å². The molecule has 2 rings (SSSR count). The zero-order valence-corrected chi connectivity index (χ0v) is 9.67. The van der Waals surface area contributed by atoms with E-state index in [1.165, 1.54) is 23.6 Å². The number of thiazole rings is 1. The highest BCUT2D eigenvalue weighted by Crippen LogP contribution is 2.25. The van der Waals surface area contributed by atoms with Crippen molar-refractivity contribution in [2.75, 3.05) is 0 Å². The van der Waals surface area contributed by atoms with Crippen LogP contribution in [0.3, 0.4) is 0 Å². The molecule has 0 spiro atoms. The van der Waals surface area contributed by atoms with Crippen LogP contribution >= 0.6 is 11.3 Å². The summed E-state index contributed by atoms with van der Waals surface area (Å²) in [6.45, 7) is 2.01. The Hall–Kier alpha value is -1.33. The number of aromatic nitrogens is 2. The van der Waals surface area contributed by atoms with Crippen LogP contribution in [0, 0.1) is 5.82 Å². The third kappa shape index (κ3) is 2.25. The summed E-state index contributed by atoms with van der Waals surface area (Å²) in [4.78, 5) is 8.17. The third-order valence-corrected chi connectivity index (χ3v) is 3.26. The molecule has 2 aromatic rings. The van der Waals surface area contributed by atoms with E-state index in [1.807, 2.05) is 12.3 Å². The number of halogens is 1. The maximum Gasteiger partial charge on any atom is 0.142 e. The highest BCUT2D eigenvalue weighted by Gasteiger charge is 2.10. The second-order valence-electron chi connectivity index (χ2n) is 3.48. The molecule has 0 saturated heterocycles. The first-order valence-electron chi connectivity index (χ1n) is 5.02. The molecule has 1 atom stereocenters. The smallest absolute Gasteiger partial charge is 0.142 e. The van der Waals surface area contributed by atoms with Crippen molar-refractivity contribution in [1.82, 2.24) is 9.97 Å². The molecule has 0 amide bonds. The Morgan fingerprint density at radius 2 is 2.31 bits per heavy atom. The van der Waals surface area contributed by atoms with Crippen molar-refractivity contribution >= 4 is 11.3 Å². The highest BCUT2D eigenvalue weighted by molar-refractivity contribution is 7.10. The van der Waals surface area contributed by atoms with E-state index in [4.69, 9.17) is 5.73 Å². The molecule has 3 nitrogen and oxygen atoms in total. The van der Waals surface area contributed by atoms with Crippen LogP contribution in [-0.4, -0.2) is 9.97 Å². The zero-order chi connectivity index (χ0) is 11.5. The van der Waals surface area contributed by atoms with Crippen LogP contribution in [0.25, 0.3) is 11.3 Å². The van der Waals surface area contributed by atoms with E-state index in [2.05, 4.69) is 9.97 Å². The van der Waals surface area contributed by atoms with Gasteiger partial charge in [-0.1, -0.05) is 6.92 Å². The van der Waals surface area contributed by atoms with Crippen molar-refractivity contribution in [3.8, 4) is 11.3 Å². The maximum atomic E-state index is 13.0. The summed E-state index contributed by atoms with van der Waals surface area (Å²) in [6.07, 6.45) is 3.61. The van der Waals surface area contributed by atoms with Crippen LogP contribution < -0.4 is 5.73 Å². The minimum Gasteiger partial charge on any atom is -0.322 e. The SMILES string of the molecule is CCC(N)c1nc(-c2cncc(F)c2)cs1. The second kappa shape index (κ2) is 4.67. The van der Waals surface area contributed by atoms with Crippen molar-refractivity contribution in [2.45, 2.75) is 19.4 Å². The van der Waals surface area contributed by atoms with Crippen LogP contribution in [0.2, 0.25) is 0 Å².